The second-order valence-corrected chi connectivity index (χ2v) is 8.62. The van der Waals surface area contributed by atoms with Gasteiger partial charge in [-0.05, 0) is 19.8 Å². The SMILES string of the molecule is [2H]C([2H])([2H])Oc1ncnc(C2CC2)c1-c1ncc(OCC)c(C(=O)c2ccc(-c3nc(C(F)(F)F)cn3C)cc2)n1. The molecule has 38 heavy (non-hydrogen) atoms. The van der Waals surface area contributed by atoms with Gasteiger partial charge in [0.05, 0.1) is 29.6 Å². The number of nitrogens with zero attached hydrogens (tertiary/aromatic N) is 6. The molecule has 4 aromatic rings. The van der Waals surface area contributed by atoms with E-state index in [4.69, 9.17) is 13.6 Å². The maximum Gasteiger partial charge on any atom is 0.434 e. The first kappa shape index (κ1) is 21.7. The van der Waals surface area contributed by atoms with Crippen molar-refractivity contribution in [3.63, 3.8) is 0 Å². The Hall–Kier alpha value is -4.35. The van der Waals surface area contributed by atoms with Crippen LogP contribution in [0.1, 0.15) is 57.2 Å². The predicted molar refractivity (Wildman–Crippen MR) is 130 cm³/mol. The molecule has 3 aromatic heterocycles. The van der Waals surface area contributed by atoms with E-state index >= 15 is 0 Å². The molecule has 0 amide bonds. The monoisotopic (exact) mass is 527 g/mol. The number of hydrogen-bond acceptors (Lipinski definition) is 8. The third-order valence-electron chi connectivity index (χ3n) is 5.97. The minimum absolute atomic E-state index is 0.0112. The molecule has 0 bridgehead atoms. The van der Waals surface area contributed by atoms with Crippen LogP contribution in [0.25, 0.3) is 22.8 Å². The third-order valence-corrected chi connectivity index (χ3v) is 5.97. The summed E-state index contributed by atoms with van der Waals surface area (Å²) < 4.78 is 73.9. The number of methoxy groups -OCH3 is 1. The van der Waals surface area contributed by atoms with Crippen LogP contribution in [0.4, 0.5) is 13.2 Å². The zero-order valence-electron chi connectivity index (χ0n) is 23.3. The zero-order valence-corrected chi connectivity index (χ0v) is 20.3. The van der Waals surface area contributed by atoms with E-state index < -0.39 is 24.7 Å². The van der Waals surface area contributed by atoms with Crippen molar-refractivity contribution >= 4 is 5.78 Å². The first-order valence-electron chi connectivity index (χ1n) is 13.2. The molecule has 1 aromatic carbocycles. The van der Waals surface area contributed by atoms with Gasteiger partial charge in [-0.3, -0.25) is 4.79 Å². The van der Waals surface area contributed by atoms with Gasteiger partial charge in [-0.15, -0.1) is 0 Å². The number of aromatic nitrogens is 6. The Kier molecular flexibility index (Phi) is 5.62. The van der Waals surface area contributed by atoms with Crippen molar-refractivity contribution in [2.24, 2.45) is 7.05 Å². The Labute approximate surface area is 219 Å². The average Bonchev–Trinajstić information content (AvgIpc) is 3.68. The quantitative estimate of drug-likeness (QED) is 0.299. The minimum Gasteiger partial charge on any atom is -0.490 e. The molecule has 0 spiro atoms. The number of halogens is 3. The number of benzene rings is 1. The number of ether oxygens (including phenoxy) is 2. The van der Waals surface area contributed by atoms with Crippen LogP contribution in [0.15, 0.2) is 43.0 Å². The lowest BCUT2D eigenvalue weighted by atomic mass is 10.0. The van der Waals surface area contributed by atoms with Gasteiger partial charge < -0.3 is 14.0 Å². The van der Waals surface area contributed by atoms with Gasteiger partial charge in [0.2, 0.25) is 11.7 Å². The van der Waals surface area contributed by atoms with E-state index in [9.17, 15) is 18.0 Å². The molecule has 196 valence electrons. The number of rotatable bonds is 8. The first-order chi connectivity index (χ1) is 19.4. The molecule has 0 saturated heterocycles. The summed E-state index contributed by atoms with van der Waals surface area (Å²) in [6.45, 7) is 1.93. The van der Waals surface area contributed by atoms with Crippen LogP contribution >= 0.6 is 0 Å². The molecule has 0 radical (unpaired) electrons. The zero-order chi connectivity index (χ0) is 29.5. The maximum atomic E-state index is 13.6. The molecule has 5 rings (SSSR count). The van der Waals surface area contributed by atoms with Gasteiger partial charge in [0.15, 0.2) is 23.0 Å². The lowest BCUT2D eigenvalue weighted by Crippen LogP contribution is -2.11. The topological polar surface area (TPSA) is 105 Å². The molecule has 12 heteroatoms. The number of hydrogen-bond donors (Lipinski definition) is 0. The lowest BCUT2D eigenvalue weighted by molar-refractivity contribution is -0.140. The fourth-order valence-electron chi connectivity index (χ4n) is 4.03. The smallest absolute Gasteiger partial charge is 0.434 e. The molecule has 3 heterocycles. The first-order valence-corrected chi connectivity index (χ1v) is 11.7. The Morgan fingerprint density at radius 3 is 2.55 bits per heavy atom. The van der Waals surface area contributed by atoms with Crippen molar-refractivity contribution in [2.75, 3.05) is 13.6 Å². The highest BCUT2D eigenvalue weighted by atomic mass is 19.4. The van der Waals surface area contributed by atoms with Crippen LogP contribution < -0.4 is 9.47 Å². The standard InChI is InChI=1S/C26H23F3N6O3/c1-4-38-17-11-30-23(19-20(14-5-6-14)31-13-32-25(19)37-3)34-21(17)22(36)15-7-9-16(10-8-15)24-33-18(12-35(24)2)26(27,28)29/h7-14H,4-6H2,1-3H3/i3D3. The molecule has 1 saturated carbocycles. The normalized spacial score (nSPS) is 14.9. The largest absolute Gasteiger partial charge is 0.490 e. The third kappa shape index (κ3) is 4.81. The Morgan fingerprint density at radius 2 is 1.92 bits per heavy atom. The number of alkyl halides is 3. The number of carbonyl (C=O) groups is 1. The predicted octanol–water partition coefficient (Wildman–Crippen LogP) is 4.87. The van der Waals surface area contributed by atoms with Crippen LogP contribution in [0.5, 0.6) is 11.6 Å². The minimum atomic E-state index is -4.59. The fraction of sp³-hybridized carbons (Fsp3) is 0.308. The Balaban J connectivity index is 1.54. The summed E-state index contributed by atoms with van der Waals surface area (Å²) in [7, 11) is -1.36. The van der Waals surface area contributed by atoms with Crippen LogP contribution in [0.3, 0.4) is 0 Å². The number of imidazole rings is 1. The molecule has 0 aliphatic heterocycles. The molecule has 1 aliphatic rings. The van der Waals surface area contributed by atoms with Crippen molar-refractivity contribution < 1.29 is 31.6 Å². The summed E-state index contributed by atoms with van der Waals surface area (Å²) in [5.41, 5.74) is 0.104. The second kappa shape index (κ2) is 9.84. The summed E-state index contributed by atoms with van der Waals surface area (Å²) in [5.74, 6) is -0.591. The Bertz CT molecular complexity index is 1600. The highest BCUT2D eigenvalue weighted by Crippen LogP contribution is 2.45. The van der Waals surface area contributed by atoms with E-state index in [2.05, 4.69) is 24.9 Å². The number of aryl methyl sites for hydroxylation is 1. The molecular formula is C26H23F3N6O3. The molecular weight excluding hydrogens is 501 g/mol. The summed E-state index contributed by atoms with van der Waals surface area (Å²) in [6.07, 6.45) is 0.463. The van der Waals surface area contributed by atoms with Crippen LogP contribution in [0, 0.1) is 0 Å². The average molecular weight is 528 g/mol. The van der Waals surface area contributed by atoms with Gasteiger partial charge in [-0.1, -0.05) is 24.3 Å². The second-order valence-electron chi connectivity index (χ2n) is 8.62. The van der Waals surface area contributed by atoms with Crippen molar-refractivity contribution in [1.82, 2.24) is 29.5 Å². The molecule has 1 aliphatic carbocycles. The summed E-state index contributed by atoms with van der Waals surface area (Å²) in [4.78, 5) is 34.4. The number of ketones is 1. The van der Waals surface area contributed by atoms with Crippen molar-refractivity contribution in [3.8, 4) is 34.4 Å². The number of carbonyl (C=O) groups excluding carboxylic acids is 1. The van der Waals surface area contributed by atoms with Gasteiger partial charge in [0.25, 0.3) is 0 Å². The summed E-state index contributed by atoms with van der Waals surface area (Å²) in [5, 5.41) is 0. The summed E-state index contributed by atoms with van der Waals surface area (Å²) in [6, 6.07) is 5.86. The van der Waals surface area contributed by atoms with Gasteiger partial charge >= 0.3 is 6.18 Å². The van der Waals surface area contributed by atoms with E-state index in [0.29, 0.717) is 11.3 Å². The molecule has 1 fully saturated rings. The summed E-state index contributed by atoms with van der Waals surface area (Å²) >= 11 is 0. The van der Waals surface area contributed by atoms with E-state index in [-0.39, 0.29) is 52.6 Å². The van der Waals surface area contributed by atoms with Gasteiger partial charge in [-0.2, -0.15) is 13.2 Å². The van der Waals surface area contributed by atoms with E-state index in [1.54, 1.807) is 6.92 Å². The van der Waals surface area contributed by atoms with Crippen LogP contribution in [0.2, 0.25) is 0 Å². The van der Waals surface area contributed by atoms with Gasteiger partial charge in [-0.25, -0.2) is 24.9 Å². The van der Waals surface area contributed by atoms with Crippen LogP contribution in [-0.2, 0) is 13.2 Å². The van der Waals surface area contributed by atoms with Crippen LogP contribution in [-0.4, -0.2) is 48.9 Å². The van der Waals surface area contributed by atoms with E-state index in [1.165, 1.54) is 48.4 Å². The maximum absolute atomic E-state index is 13.6. The lowest BCUT2D eigenvalue weighted by Gasteiger charge is -2.13. The highest BCUT2D eigenvalue weighted by molar-refractivity contribution is 6.09. The van der Waals surface area contributed by atoms with E-state index in [0.717, 1.165) is 19.0 Å². The molecule has 0 atom stereocenters. The Morgan fingerprint density at radius 1 is 1.16 bits per heavy atom. The highest BCUT2D eigenvalue weighted by Gasteiger charge is 2.35. The van der Waals surface area contributed by atoms with Crippen molar-refractivity contribution in [1.29, 1.82) is 0 Å². The van der Waals surface area contributed by atoms with Crippen molar-refractivity contribution in [3.05, 3.63) is 65.6 Å². The molecule has 0 unspecified atom stereocenters. The van der Waals surface area contributed by atoms with Gasteiger partial charge in [0.1, 0.15) is 17.7 Å². The van der Waals surface area contributed by atoms with E-state index in [1.807, 2.05) is 0 Å². The fourth-order valence-corrected chi connectivity index (χ4v) is 4.03. The van der Waals surface area contributed by atoms with Gasteiger partial charge in [0, 0.05) is 30.3 Å². The molecule has 9 nitrogen and oxygen atoms in total. The van der Waals surface area contributed by atoms with Crippen molar-refractivity contribution in [2.45, 2.75) is 31.9 Å². The molecule has 0 N–H and O–H groups in total.